The zero-order valence-corrected chi connectivity index (χ0v) is 20.5. The first-order chi connectivity index (χ1) is 15.1. The Morgan fingerprint density at radius 1 is 1.15 bits per heavy atom. The molecule has 1 aromatic heterocycles. The van der Waals surface area contributed by atoms with E-state index in [4.69, 9.17) is 31.8 Å². The standard InChI is InChI=1S/C17H18ClN5.2CH4O3S/c1-10-6-7-21-14-8-11(12-4-2-3-5-13(12)18)9-15(16(10)14)22-23-17(19)20;2*1-5(2,3)4/h2-7,11H,8-9H2,1H3,(H4,19,20,23);2*1H3,(H,2,3,4)/t11-;;/m0../s1. The highest BCUT2D eigenvalue weighted by Gasteiger charge is 2.28. The highest BCUT2D eigenvalue weighted by molar-refractivity contribution is 7.85. The van der Waals surface area contributed by atoms with Gasteiger partial charge >= 0.3 is 0 Å². The Kier molecular flexibility index (Phi) is 10.4. The number of halogens is 1. The molecule has 11 nitrogen and oxygen atoms in total. The highest BCUT2D eigenvalue weighted by Crippen LogP contribution is 2.36. The minimum Gasteiger partial charge on any atom is -0.369 e. The van der Waals surface area contributed by atoms with E-state index in [-0.39, 0.29) is 11.9 Å². The minimum absolute atomic E-state index is 0.180. The van der Waals surface area contributed by atoms with Crippen LogP contribution in [-0.2, 0) is 26.7 Å². The quantitative estimate of drug-likeness (QED) is 0.170. The lowest BCUT2D eigenvalue weighted by Crippen LogP contribution is -2.29. The normalized spacial score (nSPS) is 16.4. The smallest absolute Gasteiger partial charge is 0.261 e. The van der Waals surface area contributed by atoms with Crippen LogP contribution in [0.15, 0.2) is 41.6 Å². The number of rotatable bonds is 2. The summed E-state index contributed by atoms with van der Waals surface area (Å²) in [6.07, 6.45) is 4.79. The fourth-order valence-electron chi connectivity index (χ4n) is 3.06. The van der Waals surface area contributed by atoms with Crippen molar-refractivity contribution in [2.75, 3.05) is 12.5 Å². The van der Waals surface area contributed by atoms with Crippen LogP contribution < -0.4 is 11.2 Å². The van der Waals surface area contributed by atoms with Crippen molar-refractivity contribution < 1.29 is 25.9 Å². The second kappa shape index (κ2) is 12.0. The van der Waals surface area contributed by atoms with Crippen LogP contribution in [0.5, 0.6) is 0 Å². The third-order valence-corrected chi connectivity index (χ3v) is 4.41. The van der Waals surface area contributed by atoms with Crippen LogP contribution in [0, 0.1) is 12.3 Å². The molecular weight excluding hydrogens is 494 g/mol. The Labute approximate surface area is 198 Å². The average molecular weight is 520 g/mol. The van der Waals surface area contributed by atoms with Gasteiger partial charge in [0.1, 0.15) is 0 Å². The van der Waals surface area contributed by atoms with Crippen LogP contribution in [0.4, 0.5) is 0 Å². The Bertz CT molecular complexity index is 1190. The molecule has 0 bridgehead atoms. The molecule has 1 aromatic carbocycles. The van der Waals surface area contributed by atoms with Gasteiger partial charge in [0.25, 0.3) is 20.2 Å². The molecule has 1 aliphatic rings. The second-order valence-corrected chi connectivity index (χ2v) is 10.5. The zero-order chi connectivity index (χ0) is 25.4. The van der Waals surface area contributed by atoms with Gasteiger partial charge in [-0.05, 0) is 48.9 Å². The molecule has 0 aliphatic heterocycles. The van der Waals surface area contributed by atoms with Gasteiger partial charge < -0.3 is 5.73 Å². The number of aryl methyl sites for hydroxylation is 1. The third-order valence-electron chi connectivity index (χ3n) is 4.06. The van der Waals surface area contributed by atoms with Crippen LogP contribution in [0.25, 0.3) is 0 Å². The van der Waals surface area contributed by atoms with Crippen molar-refractivity contribution in [1.82, 2.24) is 10.4 Å². The Morgan fingerprint density at radius 3 is 2.21 bits per heavy atom. The molecule has 0 unspecified atom stereocenters. The van der Waals surface area contributed by atoms with Crippen LogP contribution in [0.1, 0.15) is 34.7 Å². The summed E-state index contributed by atoms with van der Waals surface area (Å²) in [5, 5.41) is 12.4. The molecule has 2 aromatic rings. The zero-order valence-electron chi connectivity index (χ0n) is 18.1. The monoisotopic (exact) mass is 519 g/mol. The molecule has 182 valence electrons. The molecule has 0 amide bonds. The number of nitrogens with zero attached hydrogens (tertiary/aromatic N) is 2. The van der Waals surface area contributed by atoms with E-state index < -0.39 is 20.2 Å². The van der Waals surface area contributed by atoms with E-state index in [1.165, 1.54) is 0 Å². The molecule has 0 radical (unpaired) electrons. The number of nitrogens with one attached hydrogen (secondary N) is 2. The summed E-state index contributed by atoms with van der Waals surface area (Å²) in [7, 11) is -7.33. The molecular formula is C19H26ClN5O6S2. The van der Waals surface area contributed by atoms with E-state index >= 15 is 0 Å². The Morgan fingerprint density at radius 2 is 1.70 bits per heavy atom. The molecule has 0 spiro atoms. The van der Waals surface area contributed by atoms with Crippen LogP contribution in [0.3, 0.4) is 0 Å². The van der Waals surface area contributed by atoms with E-state index in [9.17, 15) is 16.8 Å². The molecule has 1 heterocycles. The van der Waals surface area contributed by atoms with Crippen molar-refractivity contribution in [3.8, 4) is 0 Å². The van der Waals surface area contributed by atoms with Crippen molar-refractivity contribution in [3.63, 3.8) is 0 Å². The van der Waals surface area contributed by atoms with Gasteiger partial charge in [-0.3, -0.25) is 19.5 Å². The molecule has 14 heteroatoms. The number of hydrogen-bond acceptors (Lipinski definition) is 7. The van der Waals surface area contributed by atoms with Gasteiger partial charge in [0.15, 0.2) is 0 Å². The van der Waals surface area contributed by atoms with Gasteiger partial charge in [0.05, 0.1) is 23.9 Å². The van der Waals surface area contributed by atoms with Gasteiger partial charge in [-0.1, -0.05) is 29.8 Å². The lowest BCUT2D eigenvalue weighted by molar-refractivity contribution is 0.488. The molecule has 6 N–H and O–H groups in total. The summed E-state index contributed by atoms with van der Waals surface area (Å²) in [6, 6.07) is 9.84. The van der Waals surface area contributed by atoms with E-state index in [2.05, 4.69) is 15.5 Å². The number of aromatic nitrogens is 1. The topological polar surface area (TPSA) is 196 Å². The summed E-state index contributed by atoms with van der Waals surface area (Å²) < 4.78 is 51.7. The van der Waals surface area contributed by atoms with E-state index in [0.717, 1.165) is 46.0 Å². The number of guanidine groups is 1. The predicted molar refractivity (Wildman–Crippen MR) is 128 cm³/mol. The van der Waals surface area contributed by atoms with Gasteiger partial charge in [-0.25, -0.2) is 5.43 Å². The third kappa shape index (κ3) is 11.7. The number of pyridine rings is 1. The first kappa shape index (κ1) is 28.5. The molecule has 0 saturated heterocycles. The highest BCUT2D eigenvalue weighted by atomic mass is 35.5. The molecule has 3 rings (SSSR count). The molecule has 1 atom stereocenters. The number of hydrazone groups is 1. The molecule has 1 aliphatic carbocycles. The van der Waals surface area contributed by atoms with Crippen molar-refractivity contribution in [1.29, 1.82) is 5.41 Å². The summed E-state index contributed by atoms with van der Waals surface area (Å²) in [4.78, 5) is 4.53. The summed E-state index contributed by atoms with van der Waals surface area (Å²) >= 11 is 6.36. The molecule has 0 fully saturated rings. The SMILES string of the molecule is CS(=O)(=O)O.CS(=O)(=O)O.Cc1ccnc2c1C(=NNC(=N)N)C[C@@H](c1ccccc1Cl)C2. The van der Waals surface area contributed by atoms with Gasteiger partial charge in [-0.15, -0.1) is 0 Å². The van der Waals surface area contributed by atoms with Crippen LogP contribution in [-0.4, -0.2) is 55.1 Å². The minimum atomic E-state index is -3.67. The van der Waals surface area contributed by atoms with E-state index in [1.54, 1.807) is 0 Å². The molecule has 0 saturated carbocycles. The van der Waals surface area contributed by atoms with Gasteiger partial charge in [0.2, 0.25) is 5.96 Å². The largest absolute Gasteiger partial charge is 0.369 e. The Balaban J connectivity index is 0.000000460. The maximum atomic E-state index is 9.19. The van der Waals surface area contributed by atoms with E-state index in [0.29, 0.717) is 12.5 Å². The van der Waals surface area contributed by atoms with Crippen LogP contribution in [0.2, 0.25) is 5.02 Å². The van der Waals surface area contributed by atoms with Crippen molar-refractivity contribution in [2.45, 2.75) is 25.7 Å². The van der Waals surface area contributed by atoms with Crippen molar-refractivity contribution >= 4 is 43.5 Å². The second-order valence-electron chi connectivity index (χ2n) is 7.13. The summed E-state index contributed by atoms with van der Waals surface area (Å²) in [6.45, 7) is 2.04. The maximum Gasteiger partial charge on any atom is 0.261 e. The summed E-state index contributed by atoms with van der Waals surface area (Å²) in [5.41, 5.74) is 13.1. The summed E-state index contributed by atoms with van der Waals surface area (Å²) in [5.74, 6) is 0.0264. The number of fused-ring (bicyclic) bond motifs is 1. The lowest BCUT2D eigenvalue weighted by Gasteiger charge is -2.27. The average Bonchev–Trinajstić information content (AvgIpc) is 2.63. The first-order valence-electron chi connectivity index (χ1n) is 9.27. The van der Waals surface area contributed by atoms with Gasteiger partial charge in [-0.2, -0.15) is 21.9 Å². The first-order valence-corrected chi connectivity index (χ1v) is 13.3. The van der Waals surface area contributed by atoms with E-state index in [1.807, 2.05) is 43.5 Å². The van der Waals surface area contributed by atoms with Gasteiger partial charge in [0, 0.05) is 16.8 Å². The fourth-order valence-corrected chi connectivity index (χ4v) is 3.35. The van der Waals surface area contributed by atoms with Crippen LogP contribution >= 0.6 is 11.6 Å². The lowest BCUT2D eigenvalue weighted by atomic mass is 9.80. The fraction of sp³-hybridized carbons (Fsp3) is 0.316. The number of benzene rings is 1. The van der Waals surface area contributed by atoms with Crippen molar-refractivity contribution in [2.24, 2.45) is 10.8 Å². The number of hydrogen-bond donors (Lipinski definition) is 5. The Hall–Kier alpha value is -2.58. The number of nitrogens with two attached hydrogens (primary N) is 1. The maximum absolute atomic E-state index is 9.19. The molecule has 33 heavy (non-hydrogen) atoms. The van der Waals surface area contributed by atoms with Crippen molar-refractivity contribution in [3.05, 3.63) is 63.9 Å². The predicted octanol–water partition coefficient (Wildman–Crippen LogP) is 1.97.